The van der Waals surface area contributed by atoms with Gasteiger partial charge in [-0.1, -0.05) is 19.8 Å². The third-order valence-corrected chi connectivity index (χ3v) is 3.22. The van der Waals surface area contributed by atoms with Gasteiger partial charge in [0.15, 0.2) is 0 Å². The van der Waals surface area contributed by atoms with E-state index < -0.39 is 0 Å². The van der Waals surface area contributed by atoms with Crippen molar-refractivity contribution in [3.05, 3.63) is 18.0 Å². The fraction of sp³-hybridized carbons (Fsp3) is 0.727. The molecule has 1 aromatic rings. The predicted molar refractivity (Wildman–Crippen MR) is 56.8 cm³/mol. The van der Waals surface area contributed by atoms with Crippen LogP contribution in [0.25, 0.3) is 0 Å². The normalized spacial score (nSPS) is 27.8. The Bertz CT molecular complexity index is 256. The second kappa shape index (κ2) is 4.60. The molecule has 1 heterocycles. The quantitative estimate of drug-likeness (QED) is 0.771. The van der Waals surface area contributed by atoms with Crippen LogP contribution in [-0.2, 0) is 6.54 Å². The smallest absolute Gasteiger partial charge is 0.0490 e. The molecule has 0 spiro atoms. The first-order valence-corrected chi connectivity index (χ1v) is 5.58. The molecule has 0 saturated heterocycles. The van der Waals surface area contributed by atoms with E-state index in [1.807, 2.05) is 6.07 Å². The van der Waals surface area contributed by atoms with Crippen LogP contribution in [0, 0.1) is 5.92 Å². The van der Waals surface area contributed by atoms with E-state index in [1.165, 1.54) is 31.4 Å². The summed E-state index contributed by atoms with van der Waals surface area (Å²) in [4.78, 5) is 0. The molecule has 0 aromatic carbocycles. The lowest BCUT2D eigenvalue weighted by Gasteiger charge is -2.29. The highest BCUT2D eigenvalue weighted by Gasteiger charge is 2.20. The van der Waals surface area contributed by atoms with Gasteiger partial charge in [0.1, 0.15) is 0 Å². The number of nitrogens with zero attached hydrogens (tertiary/aromatic N) is 1. The minimum Gasteiger partial charge on any atom is -0.308 e. The van der Waals surface area contributed by atoms with Crippen molar-refractivity contribution in [1.29, 1.82) is 0 Å². The van der Waals surface area contributed by atoms with E-state index in [2.05, 4.69) is 22.4 Å². The number of hydrogen-bond acceptors (Lipinski definition) is 2. The Morgan fingerprint density at radius 3 is 3.07 bits per heavy atom. The molecule has 0 radical (unpaired) electrons. The van der Waals surface area contributed by atoms with Crippen molar-refractivity contribution in [1.82, 2.24) is 15.5 Å². The van der Waals surface area contributed by atoms with Crippen molar-refractivity contribution >= 4 is 0 Å². The van der Waals surface area contributed by atoms with Gasteiger partial charge in [0.05, 0.1) is 0 Å². The number of rotatable bonds is 3. The van der Waals surface area contributed by atoms with Crippen LogP contribution < -0.4 is 5.32 Å². The fourth-order valence-electron chi connectivity index (χ4n) is 2.24. The average Bonchev–Trinajstić information content (AvgIpc) is 2.69. The van der Waals surface area contributed by atoms with Crippen LogP contribution in [0.5, 0.6) is 0 Å². The number of aromatic nitrogens is 2. The lowest BCUT2D eigenvalue weighted by Crippen LogP contribution is -2.36. The number of nitrogens with one attached hydrogen (secondary N) is 2. The van der Waals surface area contributed by atoms with Gasteiger partial charge >= 0.3 is 0 Å². The van der Waals surface area contributed by atoms with Crippen LogP contribution in [0.4, 0.5) is 0 Å². The van der Waals surface area contributed by atoms with E-state index in [0.717, 1.165) is 12.5 Å². The van der Waals surface area contributed by atoms with E-state index in [4.69, 9.17) is 0 Å². The molecule has 2 unspecified atom stereocenters. The van der Waals surface area contributed by atoms with E-state index in [0.29, 0.717) is 6.04 Å². The summed E-state index contributed by atoms with van der Waals surface area (Å²) in [5.74, 6) is 0.826. The number of aromatic amines is 1. The van der Waals surface area contributed by atoms with Crippen molar-refractivity contribution in [2.45, 2.75) is 45.2 Å². The maximum absolute atomic E-state index is 3.94. The Kier molecular flexibility index (Phi) is 3.19. The molecule has 0 bridgehead atoms. The molecular weight excluding hydrogens is 174 g/mol. The lowest BCUT2D eigenvalue weighted by atomic mass is 9.86. The monoisotopic (exact) mass is 193 g/mol. The first kappa shape index (κ1) is 9.71. The Morgan fingerprint density at radius 1 is 1.50 bits per heavy atom. The summed E-state index contributed by atoms with van der Waals surface area (Å²) in [6, 6.07) is 2.73. The first-order valence-electron chi connectivity index (χ1n) is 5.58. The second-order valence-corrected chi connectivity index (χ2v) is 4.33. The highest BCUT2D eigenvalue weighted by atomic mass is 15.1. The van der Waals surface area contributed by atoms with Crippen molar-refractivity contribution < 1.29 is 0 Å². The van der Waals surface area contributed by atoms with Gasteiger partial charge in [-0.15, -0.1) is 0 Å². The zero-order valence-corrected chi connectivity index (χ0v) is 8.79. The summed E-state index contributed by atoms with van der Waals surface area (Å²) in [6.07, 6.45) is 7.30. The Labute approximate surface area is 85.3 Å². The first-order chi connectivity index (χ1) is 6.86. The summed E-state index contributed by atoms with van der Waals surface area (Å²) in [5, 5.41) is 10.5. The zero-order valence-electron chi connectivity index (χ0n) is 8.79. The van der Waals surface area contributed by atoms with E-state index in [1.54, 1.807) is 6.20 Å². The third kappa shape index (κ3) is 2.35. The number of hydrogen-bond donors (Lipinski definition) is 2. The van der Waals surface area contributed by atoms with Crippen LogP contribution in [0.2, 0.25) is 0 Å². The summed E-state index contributed by atoms with van der Waals surface area (Å²) < 4.78 is 0. The maximum atomic E-state index is 3.94. The lowest BCUT2D eigenvalue weighted by molar-refractivity contribution is 0.278. The zero-order chi connectivity index (χ0) is 9.80. The average molecular weight is 193 g/mol. The van der Waals surface area contributed by atoms with Gasteiger partial charge in [-0.2, -0.15) is 5.10 Å². The van der Waals surface area contributed by atoms with E-state index in [9.17, 15) is 0 Å². The van der Waals surface area contributed by atoms with Crippen molar-refractivity contribution in [2.75, 3.05) is 0 Å². The molecule has 1 aliphatic carbocycles. The van der Waals surface area contributed by atoms with Crippen molar-refractivity contribution in [3.8, 4) is 0 Å². The molecule has 1 saturated carbocycles. The van der Waals surface area contributed by atoms with Gasteiger partial charge in [0.2, 0.25) is 0 Å². The topological polar surface area (TPSA) is 40.7 Å². The van der Waals surface area contributed by atoms with Crippen LogP contribution in [0.15, 0.2) is 12.3 Å². The Morgan fingerprint density at radius 2 is 2.36 bits per heavy atom. The molecule has 3 nitrogen and oxygen atoms in total. The number of H-pyrrole nitrogens is 1. The predicted octanol–water partition coefficient (Wildman–Crippen LogP) is 2.08. The molecule has 3 heteroatoms. The molecule has 0 amide bonds. The van der Waals surface area contributed by atoms with Crippen molar-refractivity contribution in [3.63, 3.8) is 0 Å². The minimum absolute atomic E-state index is 0.701. The summed E-state index contributed by atoms with van der Waals surface area (Å²) in [7, 11) is 0. The Hall–Kier alpha value is -0.830. The molecule has 0 aliphatic heterocycles. The second-order valence-electron chi connectivity index (χ2n) is 4.33. The summed E-state index contributed by atoms with van der Waals surface area (Å²) in [6.45, 7) is 3.28. The van der Waals surface area contributed by atoms with Crippen LogP contribution >= 0.6 is 0 Å². The molecule has 2 atom stereocenters. The van der Waals surface area contributed by atoms with Gasteiger partial charge in [-0.25, -0.2) is 0 Å². The SMILES string of the molecule is CC1CCCCC1NCc1ccn[nH]1. The third-order valence-electron chi connectivity index (χ3n) is 3.22. The highest BCUT2D eigenvalue weighted by molar-refractivity contribution is 4.97. The Balaban J connectivity index is 1.79. The van der Waals surface area contributed by atoms with Gasteiger partial charge in [0, 0.05) is 24.5 Å². The maximum Gasteiger partial charge on any atom is 0.0490 e. The van der Waals surface area contributed by atoms with Crippen LogP contribution in [-0.4, -0.2) is 16.2 Å². The van der Waals surface area contributed by atoms with Gasteiger partial charge in [-0.05, 0) is 24.8 Å². The summed E-state index contributed by atoms with van der Waals surface area (Å²) >= 11 is 0. The summed E-state index contributed by atoms with van der Waals surface area (Å²) in [5.41, 5.74) is 1.18. The largest absolute Gasteiger partial charge is 0.308 e. The molecule has 2 rings (SSSR count). The molecule has 1 aromatic heterocycles. The van der Waals surface area contributed by atoms with Crippen LogP contribution in [0.3, 0.4) is 0 Å². The highest BCUT2D eigenvalue weighted by Crippen LogP contribution is 2.23. The molecule has 2 N–H and O–H groups in total. The van der Waals surface area contributed by atoms with Gasteiger partial charge < -0.3 is 5.32 Å². The van der Waals surface area contributed by atoms with Gasteiger partial charge in [0.25, 0.3) is 0 Å². The molecule has 1 fully saturated rings. The van der Waals surface area contributed by atoms with E-state index >= 15 is 0 Å². The van der Waals surface area contributed by atoms with Crippen molar-refractivity contribution in [2.24, 2.45) is 5.92 Å². The van der Waals surface area contributed by atoms with E-state index in [-0.39, 0.29) is 0 Å². The molecule has 14 heavy (non-hydrogen) atoms. The molecule has 78 valence electrons. The fourth-order valence-corrected chi connectivity index (χ4v) is 2.24. The van der Waals surface area contributed by atoms with Gasteiger partial charge in [-0.3, -0.25) is 5.10 Å². The molecular formula is C11H19N3. The molecule has 1 aliphatic rings. The van der Waals surface area contributed by atoms with Crippen LogP contribution in [0.1, 0.15) is 38.3 Å². The standard InChI is InChI=1S/C11H19N3/c1-9-4-2-3-5-11(9)12-8-10-6-7-13-14-10/h6-7,9,11-12H,2-5,8H2,1H3,(H,13,14). The minimum atomic E-state index is 0.701.